The lowest BCUT2D eigenvalue weighted by atomic mass is 9.80. The zero-order valence-corrected chi connectivity index (χ0v) is 10.9. The number of aliphatic imine (C=N–C) groups is 1. The molecule has 0 saturated carbocycles. The summed E-state index contributed by atoms with van der Waals surface area (Å²) in [5.41, 5.74) is 10.2. The van der Waals surface area contributed by atoms with Gasteiger partial charge >= 0.3 is 0 Å². The Bertz CT molecular complexity index is 249. The van der Waals surface area contributed by atoms with Crippen LogP contribution in [0.15, 0.2) is 4.99 Å². The van der Waals surface area contributed by atoms with E-state index in [1.54, 1.807) is 0 Å². The largest absolute Gasteiger partial charge is 0.370 e. The zero-order valence-electron chi connectivity index (χ0n) is 10.9. The molecule has 0 amide bonds. The van der Waals surface area contributed by atoms with Crippen molar-refractivity contribution in [1.29, 1.82) is 0 Å². The Kier molecular flexibility index (Phi) is 6.08. The Morgan fingerprint density at radius 2 is 1.88 bits per heavy atom. The molecular formula is C12H25N3O. The Hall–Kier alpha value is -1.06. The molecule has 0 aromatic heterocycles. The molecule has 0 fully saturated rings. The van der Waals surface area contributed by atoms with Gasteiger partial charge in [-0.3, -0.25) is 9.79 Å². The van der Waals surface area contributed by atoms with E-state index in [4.69, 9.17) is 11.5 Å². The zero-order chi connectivity index (χ0) is 12.8. The molecule has 0 aliphatic heterocycles. The predicted octanol–water partition coefficient (Wildman–Crippen LogP) is 1.68. The standard InChI is InChI=1S/C12H25N3O/c1-5-9(10(16)12(2,3)4)7-6-8-15-11(13)14/h9H,5-8H2,1-4H3,(H4,13,14,15). The van der Waals surface area contributed by atoms with Crippen LogP contribution in [0.1, 0.15) is 47.0 Å². The molecule has 0 aromatic carbocycles. The highest BCUT2D eigenvalue weighted by Crippen LogP contribution is 2.25. The highest BCUT2D eigenvalue weighted by Gasteiger charge is 2.27. The van der Waals surface area contributed by atoms with Crippen LogP contribution in [0.4, 0.5) is 0 Å². The van der Waals surface area contributed by atoms with E-state index in [-0.39, 0.29) is 17.3 Å². The maximum atomic E-state index is 12.0. The molecule has 0 aliphatic carbocycles. The number of rotatable bonds is 6. The highest BCUT2D eigenvalue weighted by atomic mass is 16.1. The highest BCUT2D eigenvalue weighted by molar-refractivity contribution is 5.85. The van der Waals surface area contributed by atoms with Gasteiger partial charge in [0, 0.05) is 17.9 Å². The molecule has 1 atom stereocenters. The van der Waals surface area contributed by atoms with Gasteiger partial charge in [-0.15, -0.1) is 0 Å². The Labute approximate surface area is 98.5 Å². The number of hydrogen-bond donors (Lipinski definition) is 2. The molecule has 16 heavy (non-hydrogen) atoms. The minimum absolute atomic E-state index is 0.121. The molecule has 0 bridgehead atoms. The summed E-state index contributed by atoms with van der Waals surface area (Å²) in [6.45, 7) is 8.56. The summed E-state index contributed by atoms with van der Waals surface area (Å²) in [5, 5.41) is 0. The van der Waals surface area contributed by atoms with Crippen LogP contribution in [0.3, 0.4) is 0 Å². The number of carbonyl (C=O) groups excluding carboxylic acids is 1. The molecule has 94 valence electrons. The van der Waals surface area contributed by atoms with Crippen LogP contribution >= 0.6 is 0 Å². The maximum absolute atomic E-state index is 12.0. The first-order valence-corrected chi connectivity index (χ1v) is 5.88. The summed E-state index contributed by atoms with van der Waals surface area (Å²) in [4.78, 5) is 16.0. The molecular weight excluding hydrogens is 202 g/mol. The molecule has 0 aliphatic rings. The second-order valence-electron chi connectivity index (χ2n) is 5.17. The minimum atomic E-state index is -0.253. The molecule has 0 spiro atoms. The van der Waals surface area contributed by atoms with Crippen molar-refractivity contribution >= 4 is 11.7 Å². The third kappa shape index (κ3) is 5.73. The summed E-state index contributed by atoms with van der Waals surface area (Å²) in [7, 11) is 0. The lowest BCUT2D eigenvalue weighted by molar-refractivity contribution is -0.130. The van der Waals surface area contributed by atoms with Gasteiger partial charge < -0.3 is 11.5 Å². The molecule has 0 rings (SSSR count). The van der Waals surface area contributed by atoms with Crippen LogP contribution in [0.25, 0.3) is 0 Å². The number of hydrogen-bond acceptors (Lipinski definition) is 2. The topological polar surface area (TPSA) is 81.5 Å². The van der Waals surface area contributed by atoms with Crippen molar-refractivity contribution in [3.05, 3.63) is 0 Å². The molecule has 1 unspecified atom stereocenters. The smallest absolute Gasteiger partial charge is 0.185 e. The van der Waals surface area contributed by atoms with Crippen LogP contribution in [0, 0.1) is 11.3 Å². The monoisotopic (exact) mass is 227 g/mol. The first-order valence-electron chi connectivity index (χ1n) is 5.88. The van der Waals surface area contributed by atoms with Crippen LogP contribution < -0.4 is 11.5 Å². The molecule has 0 aromatic rings. The second-order valence-corrected chi connectivity index (χ2v) is 5.17. The summed E-state index contributed by atoms with van der Waals surface area (Å²) >= 11 is 0. The Balaban J connectivity index is 4.12. The molecule has 0 saturated heterocycles. The van der Waals surface area contributed by atoms with Gasteiger partial charge in [0.25, 0.3) is 0 Å². The van der Waals surface area contributed by atoms with Gasteiger partial charge in [0.2, 0.25) is 0 Å². The average Bonchev–Trinajstić information content (AvgIpc) is 2.15. The summed E-state index contributed by atoms with van der Waals surface area (Å²) in [6.07, 6.45) is 2.61. The molecule has 4 N–H and O–H groups in total. The normalized spacial score (nSPS) is 13.2. The molecule has 0 heterocycles. The van der Waals surface area contributed by atoms with Gasteiger partial charge in [0.15, 0.2) is 5.96 Å². The van der Waals surface area contributed by atoms with E-state index in [0.29, 0.717) is 12.3 Å². The van der Waals surface area contributed by atoms with Crippen molar-refractivity contribution in [2.75, 3.05) is 6.54 Å². The first-order chi connectivity index (χ1) is 7.29. The summed E-state index contributed by atoms with van der Waals surface area (Å²) < 4.78 is 0. The third-order valence-electron chi connectivity index (χ3n) is 2.61. The molecule has 4 heteroatoms. The van der Waals surface area contributed by atoms with Gasteiger partial charge in [-0.05, 0) is 19.3 Å². The van der Waals surface area contributed by atoms with Gasteiger partial charge in [0.1, 0.15) is 5.78 Å². The van der Waals surface area contributed by atoms with E-state index in [9.17, 15) is 4.79 Å². The maximum Gasteiger partial charge on any atom is 0.185 e. The first kappa shape index (κ1) is 14.9. The SMILES string of the molecule is CCC(CCCN=C(N)N)C(=O)C(C)(C)C. The number of carbonyl (C=O) groups is 1. The second kappa shape index (κ2) is 6.51. The van der Waals surface area contributed by atoms with Gasteiger partial charge in [0.05, 0.1) is 0 Å². The summed E-state index contributed by atoms with van der Waals surface area (Å²) in [6, 6.07) is 0. The van der Waals surface area contributed by atoms with E-state index in [1.165, 1.54) is 0 Å². The van der Waals surface area contributed by atoms with Crippen LogP contribution in [-0.2, 0) is 4.79 Å². The average molecular weight is 227 g/mol. The fourth-order valence-corrected chi connectivity index (χ4v) is 1.68. The van der Waals surface area contributed by atoms with E-state index in [1.807, 2.05) is 20.8 Å². The number of nitrogens with two attached hydrogens (primary N) is 2. The number of Topliss-reactive ketones (excluding diaryl/α,β-unsaturated/α-hetero) is 1. The van der Waals surface area contributed by atoms with Crippen molar-refractivity contribution in [1.82, 2.24) is 0 Å². The number of ketones is 1. The number of nitrogens with zero attached hydrogens (tertiary/aromatic N) is 1. The Morgan fingerprint density at radius 1 is 1.31 bits per heavy atom. The van der Waals surface area contributed by atoms with E-state index in [0.717, 1.165) is 19.3 Å². The van der Waals surface area contributed by atoms with Crippen LogP contribution in [-0.4, -0.2) is 18.3 Å². The van der Waals surface area contributed by atoms with Crippen LogP contribution in [0.5, 0.6) is 0 Å². The van der Waals surface area contributed by atoms with E-state index < -0.39 is 0 Å². The number of guanidine groups is 1. The van der Waals surface area contributed by atoms with E-state index in [2.05, 4.69) is 11.9 Å². The summed E-state index contributed by atoms with van der Waals surface area (Å²) in [5.74, 6) is 0.587. The fraction of sp³-hybridized carbons (Fsp3) is 0.833. The van der Waals surface area contributed by atoms with Gasteiger partial charge in [-0.25, -0.2) is 0 Å². The van der Waals surface area contributed by atoms with Gasteiger partial charge in [-0.1, -0.05) is 27.7 Å². The lowest BCUT2D eigenvalue weighted by Crippen LogP contribution is -2.28. The van der Waals surface area contributed by atoms with Crippen molar-refractivity contribution in [2.45, 2.75) is 47.0 Å². The minimum Gasteiger partial charge on any atom is -0.370 e. The van der Waals surface area contributed by atoms with Crippen LogP contribution in [0.2, 0.25) is 0 Å². The van der Waals surface area contributed by atoms with E-state index >= 15 is 0 Å². The Morgan fingerprint density at radius 3 is 2.25 bits per heavy atom. The lowest BCUT2D eigenvalue weighted by Gasteiger charge is -2.23. The fourth-order valence-electron chi connectivity index (χ4n) is 1.68. The predicted molar refractivity (Wildman–Crippen MR) is 68.2 cm³/mol. The van der Waals surface area contributed by atoms with Crippen molar-refractivity contribution < 1.29 is 4.79 Å². The third-order valence-corrected chi connectivity index (χ3v) is 2.61. The van der Waals surface area contributed by atoms with Crippen molar-refractivity contribution in [3.8, 4) is 0 Å². The molecule has 4 nitrogen and oxygen atoms in total. The van der Waals surface area contributed by atoms with Crippen molar-refractivity contribution in [3.63, 3.8) is 0 Å². The quantitative estimate of drug-likeness (QED) is 0.411. The van der Waals surface area contributed by atoms with Crippen molar-refractivity contribution in [2.24, 2.45) is 27.8 Å². The van der Waals surface area contributed by atoms with Gasteiger partial charge in [-0.2, -0.15) is 0 Å². The molecule has 0 radical (unpaired) electrons.